The van der Waals surface area contributed by atoms with Crippen LogP contribution in [0.1, 0.15) is 39.3 Å². The van der Waals surface area contributed by atoms with E-state index in [-0.39, 0.29) is 29.7 Å². The molecule has 8 nitrogen and oxygen atoms in total. The summed E-state index contributed by atoms with van der Waals surface area (Å²) in [6.07, 6.45) is 2.87. The van der Waals surface area contributed by atoms with E-state index in [1.54, 1.807) is 16.8 Å². The third-order valence-electron chi connectivity index (χ3n) is 6.05. The van der Waals surface area contributed by atoms with Gasteiger partial charge in [0.25, 0.3) is 0 Å². The third-order valence-corrected chi connectivity index (χ3v) is 6.27. The van der Waals surface area contributed by atoms with Crippen molar-refractivity contribution in [2.45, 2.75) is 39.0 Å². The molecule has 0 atom stereocenters. The standard InChI is InChI=1S/C26H31ClN6O2/c1-26(2,3)21-15-23(33(31-21)20-7-5-4-6-8-20)30-24(34)17-32-13-11-18(12-14-32)25(35)29-22-10-9-19(27)16-28-22/h4-10,15-16,18H,11-14,17H2,1-3H3,(H,30,34)(H,28,29,35). The molecule has 1 saturated heterocycles. The first kappa shape index (κ1) is 24.9. The molecule has 35 heavy (non-hydrogen) atoms. The van der Waals surface area contributed by atoms with Crippen LogP contribution < -0.4 is 10.6 Å². The quantitative estimate of drug-likeness (QED) is 0.526. The minimum atomic E-state index is -0.149. The summed E-state index contributed by atoms with van der Waals surface area (Å²) >= 11 is 5.85. The van der Waals surface area contributed by atoms with Gasteiger partial charge in [0, 0.05) is 23.6 Å². The number of likely N-dealkylation sites (tertiary alicyclic amines) is 1. The van der Waals surface area contributed by atoms with E-state index in [1.165, 1.54) is 6.20 Å². The Morgan fingerprint density at radius 3 is 2.40 bits per heavy atom. The first-order valence-electron chi connectivity index (χ1n) is 11.8. The molecule has 1 fully saturated rings. The number of benzene rings is 1. The summed E-state index contributed by atoms with van der Waals surface area (Å²) < 4.78 is 1.78. The molecule has 3 heterocycles. The summed E-state index contributed by atoms with van der Waals surface area (Å²) in [6.45, 7) is 7.89. The van der Waals surface area contributed by atoms with Crippen molar-refractivity contribution in [1.82, 2.24) is 19.7 Å². The van der Waals surface area contributed by atoms with Crippen LogP contribution in [0.2, 0.25) is 5.02 Å². The zero-order chi connectivity index (χ0) is 25.0. The molecule has 0 radical (unpaired) electrons. The Morgan fingerprint density at radius 1 is 1.06 bits per heavy atom. The molecule has 2 N–H and O–H groups in total. The van der Waals surface area contributed by atoms with Crippen LogP contribution in [0, 0.1) is 5.92 Å². The van der Waals surface area contributed by atoms with Crippen LogP contribution >= 0.6 is 11.6 Å². The fourth-order valence-electron chi connectivity index (χ4n) is 4.02. The summed E-state index contributed by atoms with van der Waals surface area (Å²) in [7, 11) is 0. The van der Waals surface area contributed by atoms with Gasteiger partial charge in [-0.15, -0.1) is 0 Å². The smallest absolute Gasteiger partial charge is 0.239 e. The summed E-state index contributed by atoms with van der Waals surface area (Å²) in [5.41, 5.74) is 1.64. The second kappa shape index (κ2) is 10.6. The van der Waals surface area contributed by atoms with Crippen molar-refractivity contribution < 1.29 is 9.59 Å². The number of para-hydroxylation sites is 1. The molecule has 0 bridgehead atoms. The van der Waals surface area contributed by atoms with Gasteiger partial charge in [0.05, 0.1) is 22.9 Å². The number of piperidine rings is 1. The van der Waals surface area contributed by atoms with Crippen LogP contribution in [-0.4, -0.2) is 51.1 Å². The van der Waals surface area contributed by atoms with Crippen molar-refractivity contribution in [2.75, 3.05) is 30.3 Å². The number of aromatic nitrogens is 3. The number of hydrogen-bond acceptors (Lipinski definition) is 5. The van der Waals surface area contributed by atoms with E-state index in [9.17, 15) is 9.59 Å². The van der Waals surface area contributed by atoms with Gasteiger partial charge in [0.1, 0.15) is 11.6 Å². The van der Waals surface area contributed by atoms with Crippen LogP contribution in [0.5, 0.6) is 0 Å². The maximum atomic E-state index is 12.9. The van der Waals surface area contributed by atoms with E-state index in [0.717, 1.165) is 11.4 Å². The highest BCUT2D eigenvalue weighted by Crippen LogP contribution is 2.26. The van der Waals surface area contributed by atoms with Crippen molar-refractivity contribution in [3.05, 3.63) is 65.4 Å². The highest BCUT2D eigenvalue weighted by Gasteiger charge is 2.27. The Labute approximate surface area is 210 Å². The molecular weight excluding hydrogens is 464 g/mol. The van der Waals surface area contributed by atoms with Crippen LogP contribution in [0.15, 0.2) is 54.7 Å². The maximum absolute atomic E-state index is 12.9. The number of carbonyl (C=O) groups excluding carboxylic acids is 2. The van der Waals surface area contributed by atoms with E-state index < -0.39 is 0 Å². The van der Waals surface area contributed by atoms with Gasteiger partial charge in [-0.3, -0.25) is 14.5 Å². The number of pyridine rings is 1. The normalized spacial score (nSPS) is 15.1. The second-order valence-corrected chi connectivity index (χ2v) is 10.3. The number of nitrogens with one attached hydrogen (secondary N) is 2. The predicted molar refractivity (Wildman–Crippen MR) is 138 cm³/mol. The highest BCUT2D eigenvalue weighted by molar-refractivity contribution is 6.30. The fourth-order valence-corrected chi connectivity index (χ4v) is 4.13. The van der Waals surface area contributed by atoms with Gasteiger partial charge >= 0.3 is 0 Å². The van der Waals surface area contributed by atoms with E-state index in [1.807, 2.05) is 36.4 Å². The van der Waals surface area contributed by atoms with Crippen molar-refractivity contribution in [1.29, 1.82) is 0 Å². The largest absolute Gasteiger partial charge is 0.310 e. The summed E-state index contributed by atoms with van der Waals surface area (Å²) in [4.78, 5) is 31.7. The molecule has 0 spiro atoms. The van der Waals surface area contributed by atoms with Crippen molar-refractivity contribution in [2.24, 2.45) is 5.92 Å². The molecule has 0 unspecified atom stereocenters. The number of nitrogens with zero attached hydrogens (tertiary/aromatic N) is 4. The lowest BCUT2D eigenvalue weighted by atomic mass is 9.92. The predicted octanol–water partition coefficient (Wildman–Crippen LogP) is 4.51. The lowest BCUT2D eigenvalue weighted by Crippen LogP contribution is -2.42. The molecule has 0 saturated carbocycles. The monoisotopic (exact) mass is 494 g/mol. The summed E-state index contributed by atoms with van der Waals surface area (Å²) in [5.74, 6) is 0.878. The average Bonchev–Trinajstić information content (AvgIpc) is 3.26. The highest BCUT2D eigenvalue weighted by atomic mass is 35.5. The Balaban J connectivity index is 1.34. The van der Waals surface area contributed by atoms with Crippen LogP contribution in [-0.2, 0) is 15.0 Å². The molecule has 1 aliphatic rings. The topological polar surface area (TPSA) is 92.2 Å². The van der Waals surface area contributed by atoms with Gasteiger partial charge in [-0.05, 0) is 50.2 Å². The average molecular weight is 495 g/mol. The minimum Gasteiger partial charge on any atom is -0.310 e. The zero-order valence-electron chi connectivity index (χ0n) is 20.3. The molecule has 1 aliphatic heterocycles. The van der Waals surface area contributed by atoms with E-state index in [2.05, 4.69) is 41.3 Å². The molecule has 3 aromatic rings. The first-order chi connectivity index (χ1) is 16.7. The van der Waals surface area contributed by atoms with Crippen LogP contribution in [0.3, 0.4) is 0 Å². The number of halogens is 1. The molecule has 184 valence electrons. The van der Waals surface area contributed by atoms with Crippen LogP contribution in [0.25, 0.3) is 5.69 Å². The van der Waals surface area contributed by atoms with Gasteiger partial charge in [-0.25, -0.2) is 9.67 Å². The zero-order valence-corrected chi connectivity index (χ0v) is 21.0. The van der Waals surface area contributed by atoms with Crippen molar-refractivity contribution in [3.63, 3.8) is 0 Å². The van der Waals surface area contributed by atoms with Gasteiger partial charge < -0.3 is 10.6 Å². The first-order valence-corrected chi connectivity index (χ1v) is 12.2. The molecular formula is C26H31ClN6O2. The van der Waals surface area contributed by atoms with E-state index in [4.69, 9.17) is 16.7 Å². The molecule has 4 rings (SSSR count). The Hall–Kier alpha value is -3.23. The number of amides is 2. The molecule has 2 aromatic heterocycles. The summed E-state index contributed by atoms with van der Waals surface area (Å²) in [6, 6.07) is 15.1. The number of hydrogen-bond donors (Lipinski definition) is 2. The second-order valence-electron chi connectivity index (χ2n) is 9.86. The van der Waals surface area contributed by atoms with Crippen molar-refractivity contribution >= 4 is 35.1 Å². The molecule has 2 amide bonds. The summed E-state index contributed by atoms with van der Waals surface area (Å²) in [5, 5.41) is 11.2. The van der Waals surface area contributed by atoms with Gasteiger partial charge in [0.2, 0.25) is 11.8 Å². The number of rotatable bonds is 6. The lowest BCUT2D eigenvalue weighted by molar-refractivity contribution is -0.121. The number of anilines is 2. The maximum Gasteiger partial charge on any atom is 0.239 e. The lowest BCUT2D eigenvalue weighted by Gasteiger charge is -2.30. The van der Waals surface area contributed by atoms with E-state index >= 15 is 0 Å². The SMILES string of the molecule is CC(C)(C)c1cc(NC(=O)CN2CCC(C(=O)Nc3ccc(Cl)cn3)CC2)n(-c2ccccc2)n1. The molecule has 1 aromatic carbocycles. The Kier molecular flexibility index (Phi) is 7.52. The molecule has 0 aliphatic carbocycles. The van der Waals surface area contributed by atoms with Gasteiger partial charge in [0.15, 0.2) is 0 Å². The van der Waals surface area contributed by atoms with Gasteiger partial charge in [-0.2, -0.15) is 5.10 Å². The van der Waals surface area contributed by atoms with Crippen LogP contribution in [0.4, 0.5) is 11.6 Å². The number of carbonyl (C=O) groups is 2. The van der Waals surface area contributed by atoms with Crippen molar-refractivity contribution in [3.8, 4) is 5.69 Å². The van der Waals surface area contributed by atoms with Gasteiger partial charge in [-0.1, -0.05) is 50.6 Å². The Bertz CT molecular complexity index is 1160. The molecule has 9 heteroatoms. The van der Waals surface area contributed by atoms with E-state index in [0.29, 0.717) is 42.6 Å². The Morgan fingerprint density at radius 2 is 1.77 bits per heavy atom. The fraction of sp³-hybridized carbons (Fsp3) is 0.385. The third kappa shape index (κ3) is 6.46. The minimum absolute atomic E-state index is 0.0506.